The molecule has 1 N–H and O–H groups in total. The lowest BCUT2D eigenvalue weighted by molar-refractivity contribution is -0.131. The van der Waals surface area contributed by atoms with Gasteiger partial charge in [0.2, 0.25) is 5.91 Å². The van der Waals surface area contributed by atoms with E-state index in [0.29, 0.717) is 18.4 Å². The van der Waals surface area contributed by atoms with Crippen LogP contribution in [0.5, 0.6) is 0 Å². The number of nitrogens with one attached hydrogen (secondary N) is 1. The van der Waals surface area contributed by atoms with Crippen molar-refractivity contribution in [1.29, 1.82) is 0 Å². The van der Waals surface area contributed by atoms with Crippen molar-refractivity contribution in [2.75, 3.05) is 26.2 Å². The van der Waals surface area contributed by atoms with E-state index in [0.717, 1.165) is 56.4 Å². The molecule has 132 valence electrons. The maximum Gasteiger partial charge on any atom is 0.223 e. The molecule has 0 aliphatic carbocycles. The summed E-state index contributed by atoms with van der Waals surface area (Å²) in [6.45, 7) is 5.89. The van der Waals surface area contributed by atoms with Crippen molar-refractivity contribution >= 4 is 24.1 Å². The number of nitrogens with zero attached hydrogens (tertiary/aromatic N) is 1. The molecule has 1 aromatic rings. The molecule has 4 nitrogen and oxygen atoms in total. The highest BCUT2D eigenvalue weighted by atomic mass is 35.5. The number of halogens is 1. The van der Waals surface area contributed by atoms with Crippen LogP contribution in [0.2, 0.25) is 0 Å². The molecule has 0 bridgehead atoms. The number of likely N-dealkylation sites (tertiary alicyclic amines) is 1. The van der Waals surface area contributed by atoms with Crippen LogP contribution in [0.1, 0.15) is 41.6 Å². The van der Waals surface area contributed by atoms with Crippen molar-refractivity contribution in [3.8, 4) is 0 Å². The molecule has 2 heterocycles. The first-order valence-corrected chi connectivity index (χ1v) is 8.72. The predicted molar refractivity (Wildman–Crippen MR) is 97.7 cm³/mol. The Morgan fingerprint density at radius 1 is 1.04 bits per heavy atom. The Morgan fingerprint density at radius 3 is 2.21 bits per heavy atom. The van der Waals surface area contributed by atoms with Crippen LogP contribution in [0.15, 0.2) is 24.3 Å². The van der Waals surface area contributed by atoms with Gasteiger partial charge in [-0.15, -0.1) is 12.4 Å². The summed E-state index contributed by atoms with van der Waals surface area (Å²) in [5, 5.41) is 3.45. The number of Topliss-reactive ketones (excluding diaryl/α,β-unsaturated/α-hetero) is 1. The fourth-order valence-corrected chi connectivity index (χ4v) is 3.73. The van der Waals surface area contributed by atoms with Crippen molar-refractivity contribution in [3.63, 3.8) is 0 Å². The van der Waals surface area contributed by atoms with Crippen molar-refractivity contribution in [2.45, 2.75) is 32.6 Å². The predicted octanol–water partition coefficient (Wildman–Crippen LogP) is 2.84. The number of ketones is 1. The number of hydrogen-bond donors (Lipinski definition) is 1. The monoisotopic (exact) mass is 350 g/mol. The maximum atomic E-state index is 12.4. The van der Waals surface area contributed by atoms with Gasteiger partial charge in [-0.2, -0.15) is 0 Å². The number of hydrogen-bond acceptors (Lipinski definition) is 3. The zero-order valence-electron chi connectivity index (χ0n) is 14.3. The summed E-state index contributed by atoms with van der Waals surface area (Å²) < 4.78 is 0. The summed E-state index contributed by atoms with van der Waals surface area (Å²) in [7, 11) is 0. The van der Waals surface area contributed by atoms with Crippen LogP contribution in [-0.2, 0) is 4.79 Å². The molecule has 2 saturated heterocycles. The minimum absolute atomic E-state index is 0. The molecule has 1 aromatic carbocycles. The van der Waals surface area contributed by atoms with Gasteiger partial charge in [0.05, 0.1) is 0 Å². The van der Waals surface area contributed by atoms with Gasteiger partial charge in [0.15, 0.2) is 5.78 Å². The third kappa shape index (κ3) is 4.58. The molecule has 0 radical (unpaired) electrons. The summed E-state index contributed by atoms with van der Waals surface area (Å²) in [5.74, 6) is 1.65. The maximum absolute atomic E-state index is 12.4. The lowest BCUT2D eigenvalue weighted by Gasteiger charge is -2.20. The van der Waals surface area contributed by atoms with E-state index < -0.39 is 0 Å². The van der Waals surface area contributed by atoms with E-state index in [2.05, 4.69) is 5.32 Å². The molecular weight excluding hydrogens is 324 g/mol. The molecule has 0 unspecified atom stereocenters. The standard InChI is InChI=1S/C19H26N2O2.ClH/c1-14-2-4-15(5-3-14)18(22)6-7-19(23)21-10-8-16-12-20-13-17(16)9-11-21;/h2-5,16-17,20H,6-13H2,1H3;1H/t16-,17+;. The van der Waals surface area contributed by atoms with E-state index >= 15 is 0 Å². The van der Waals surface area contributed by atoms with Gasteiger partial charge < -0.3 is 10.2 Å². The molecular formula is C19H27ClN2O2. The number of fused-ring (bicyclic) bond motifs is 1. The fraction of sp³-hybridized carbons (Fsp3) is 0.579. The quantitative estimate of drug-likeness (QED) is 0.849. The van der Waals surface area contributed by atoms with E-state index in [-0.39, 0.29) is 24.1 Å². The summed E-state index contributed by atoms with van der Waals surface area (Å²) in [5.41, 5.74) is 1.85. The van der Waals surface area contributed by atoms with Gasteiger partial charge in [-0.05, 0) is 44.7 Å². The minimum atomic E-state index is 0. The molecule has 0 saturated carbocycles. The number of amides is 1. The van der Waals surface area contributed by atoms with Gasteiger partial charge >= 0.3 is 0 Å². The smallest absolute Gasteiger partial charge is 0.223 e. The molecule has 3 rings (SSSR count). The summed E-state index contributed by atoms with van der Waals surface area (Å²) in [6.07, 6.45) is 2.83. The van der Waals surface area contributed by atoms with Gasteiger partial charge in [-0.25, -0.2) is 0 Å². The lowest BCUT2D eigenvalue weighted by Crippen LogP contribution is -2.32. The lowest BCUT2D eigenvalue weighted by atomic mass is 9.92. The molecule has 5 heteroatoms. The molecule has 2 fully saturated rings. The van der Waals surface area contributed by atoms with Crippen LogP contribution in [0, 0.1) is 18.8 Å². The highest BCUT2D eigenvalue weighted by Gasteiger charge is 2.31. The number of carbonyl (C=O) groups is 2. The fourth-order valence-electron chi connectivity index (χ4n) is 3.73. The largest absolute Gasteiger partial charge is 0.343 e. The van der Waals surface area contributed by atoms with E-state index in [4.69, 9.17) is 0 Å². The molecule has 1 amide bonds. The Balaban J connectivity index is 0.00000208. The van der Waals surface area contributed by atoms with Crippen LogP contribution < -0.4 is 5.32 Å². The van der Waals surface area contributed by atoms with E-state index in [1.54, 1.807) is 0 Å². The third-order valence-electron chi connectivity index (χ3n) is 5.31. The SMILES string of the molecule is Cc1ccc(C(=O)CCC(=O)N2CC[C@@H]3CNC[C@@H]3CC2)cc1.Cl. The Labute approximate surface area is 150 Å². The molecule has 2 aliphatic rings. The molecule has 0 aromatic heterocycles. The van der Waals surface area contributed by atoms with Gasteiger partial charge in [-0.3, -0.25) is 9.59 Å². The zero-order chi connectivity index (χ0) is 16.2. The Bertz CT molecular complexity index is 559. The van der Waals surface area contributed by atoms with E-state index in [9.17, 15) is 9.59 Å². The van der Waals surface area contributed by atoms with Gasteiger partial charge in [0, 0.05) is 31.5 Å². The van der Waals surface area contributed by atoms with Crippen LogP contribution in [0.25, 0.3) is 0 Å². The van der Waals surface area contributed by atoms with Crippen LogP contribution in [0.4, 0.5) is 0 Å². The summed E-state index contributed by atoms with van der Waals surface area (Å²) in [6, 6.07) is 7.58. The average molecular weight is 351 g/mol. The molecule has 2 atom stereocenters. The summed E-state index contributed by atoms with van der Waals surface area (Å²) >= 11 is 0. The van der Waals surface area contributed by atoms with Gasteiger partial charge in [0.1, 0.15) is 0 Å². The first kappa shape index (κ1) is 18.9. The first-order valence-electron chi connectivity index (χ1n) is 8.72. The Hall–Kier alpha value is -1.39. The number of rotatable bonds is 4. The van der Waals surface area contributed by atoms with Crippen molar-refractivity contribution < 1.29 is 9.59 Å². The van der Waals surface area contributed by atoms with E-state index in [1.165, 1.54) is 0 Å². The van der Waals surface area contributed by atoms with Gasteiger partial charge in [-0.1, -0.05) is 29.8 Å². The van der Waals surface area contributed by atoms with Crippen LogP contribution in [-0.4, -0.2) is 42.8 Å². The van der Waals surface area contributed by atoms with Crippen LogP contribution >= 0.6 is 12.4 Å². The van der Waals surface area contributed by atoms with Crippen molar-refractivity contribution in [2.24, 2.45) is 11.8 Å². The first-order chi connectivity index (χ1) is 11.1. The Kier molecular flexibility index (Phi) is 6.81. The normalized spacial score (nSPS) is 23.1. The second-order valence-corrected chi connectivity index (χ2v) is 6.93. The van der Waals surface area contributed by atoms with Crippen molar-refractivity contribution in [3.05, 3.63) is 35.4 Å². The van der Waals surface area contributed by atoms with Crippen LogP contribution in [0.3, 0.4) is 0 Å². The zero-order valence-corrected chi connectivity index (χ0v) is 15.1. The number of aryl methyl sites for hydroxylation is 1. The molecule has 0 spiro atoms. The second-order valence-electron chi connectivity index (χ2n) is 6.93. The van der Waals surface area contributed by atoms with E-state index in [1.807, 2.05) is 36.1 Å². The highest BCUT2D eigenvalue weighted by molar-refractivity contribution is 5.97. The number of benzene rings is 1. The van der Waals surface area contributed by atoms with Crippen molar-refractivity contribution in [1.82, 2.24) is 10.2 Å². The average Bonchev–Trinajstić information content (AvgIpc) is 2.91. The topological polar surface area (TPSA) is 49.4 Å². The van der Waals surface area contributed by atoms with Gasteiger partial charge in [0.25, 0.3) is 0 Å². The highest BCUT2D eigenvalue weighted by Crippen LogP contribution is 2.27. The molecule has 2 aliphatic heterocycles. The second kappa shape index (κ2) is 8.63. The third-order valence-corrected chi connectivity index (χ3v) is 5.31. The Morgan fingerprint density at radius 2 is 1.62 bits per heavy atom. The number of carbonyl (C=O) groups excluding carboxylic acids is 2. The molecule has 24 heavy (non-hydrogen) atoms. The minimum Gasteiger partial charge on any atom is -0.343 e. The summed E-state index contributed by atoms with van der Waals surface area (Å²) in [4.78, 5) is 26.6.